The van der Waals surface area contributed by atoms with E-state index in [1.54, 1.807) is 13.0 Å². The third-order valence-corrected chi connectivity index (χ3v) is 3.75. The zero-order chi connectivity index (χ0) is 16.2. The first-order valence-corrected chi connectivity index (χ1v) is 7.85. The van der Waals surface area contributed by atoms with Gasteiger partial charge >= 0.3 is 0 Å². The molecule has 0 fully saturated rings. The molecule has 0 spiro atoms. The minimum atomic E-state index is -0.224. The average molecular weight is 330 g/mol. The fourth-order valence-corrected chi connectivity index (χ4v) is 2.38. The molecule has 1 N–H and O–H groups in total. The lowest BCUT2D eigenvalue weighted by Gasteiger charge is -1.98. The second kappa shape index (κ2) is 6.66. The molecule has 0 bridgehead atoms. The number of amides is 1. The zero-order valence-corrected chi connectivity index (χ0v) is 13.4. The Bertz CT molecular complexity index is 810. The van der Waals surface area contributed by atoms with Crippen molar-refractivity contribution in [2.75, 3.05) is 11.1 Å². The number of hydrogen-bond acceptors (Lipinski definition) is 7. The van der Waals surface area contributed by atoms with E-state index in [0.29, 0.717) is 22.7 Å². The number of carbonyl (C=O) groups excluding carboxylic acids is 1. The van der Waals surface area contributed by atoms with Crippen LogP contribution >= 0.6 is 11.8 Å². The van der Waals surface area contributed by atoms with Crippen molar-refractivity contribution in [1.82, 2.24) is 15.4 Å². The average Bonchev–Trinajstić information content (AvgIpc) is 3.15. The highest BCUT2D eigenvalue weighted by atomic mass is 32.2. The monoisotopic (exact) mass is 330 g/mol. The Morgan fingerprint density at radius 3 is 2.70 bits per heavy atom. The summed E-state index contributed by atoms with van der Waals surface area (Å²) < 4.78 is 10.4. The van der Waals surface area contributed by atoms with E-state index in [-0.39, 0.29) is 11.7 Å². The molecule has 0 aliphatic carbocycles. The molecule has 3 rings (SSSR count). The molecular formula is C15H14N4O3S. The van der Waals surface area contributed by atoms with Crippen molar-refractivity contribution >= 4 is 23.5 Å². The van der Waals surface area contributed by atoms with Gasteiger partial charge in [-0.1, -0.05) is 34.6 Å². The minimum absolute atomic E-state index is 0.140. The second-order valence-electron chi connectivity index (χ2n) is 4.90. The standard InChI is InChI=1S/C15H14N4O3S/c1-9-3-5-11(6-4-9)14-17-18-15(21-14)23-8-13(20)16-12-7-10(2)22-19-12/h3-7H,8H2,1-2H3,(H,16,19,20). The molecule has 0 saturated carbocycles. The highest BCUT2D eigenvalue weighted by Crippen LogP contribution is 2.23. The lowest BCUT2D eigenvalue weighted by Crippen LogP contribution is -2.14. The molecule has 3 aromatic rings. The van der Waals surface area contributed by atoms with E-state index in [1.165, 1.54) is 0 Å². The van der Waals surface area contributed by atoms with Gasteiger partial charge in [0.1, 0.15) is 5.76 Å². The molecule has 0 radical (unpaired) electrons. The number of nitrogens with one attached hydrogen (secondary N) is 1. The van der Waals surface area contributed by atoms with Crippen molar-refractivity contribution in [2.24, 2.45) is 0 Å². The summed E-state index contributed by atoms with van der Waals surface area (Å²) >= 11 is 1.16. The van der Waals surface area contributed by atoms with Crippen LogP contribution in [-0.4, -0.2) is 27.0 Å². The number of carbonyl (C=O) groups is 1. The SMILES string of the molecule is Cc1ccc(-c2nnc(SCC(=O)Nc3cc(C)on3)o2)cc1. The third-order valence-electron chi connectivity index (χ3n) is 2.93. The molecular weight excluding hydrogens is 316 g/mol. The van der Waals surface area contributed by atoms with Gasteiger partial charge in [0.25, 0.3) is 5.22 Å². The van der Waals surface area contributed by atoms with Crippen LogP contribution in [0.2, 0.25) is 0 Å². The number of thioether (sulfide) groups is 1. The summed E-state index contributed by atoms with van der Waals surface area (Å²) in [6, 6.07) is 9.41. The molecule has 7 nitrogen and oxygen atoms in total. The second-order valence-corrected chi connectivity index (χ2v) is 5.83. The molecule has 0 aliphatic rings. The number of nitrogens with zero attached hydrogens (tertiary/aromatic N) is 3. The molecule has 2 aromatic heterocycles. The number of aryl methyl sites for hydroxylation is 2. The van der Waals surface area contributed by atoms with Gasteiger partial charge in [-0.2, -0.15) is 0 Å². The smallest absolute Gasteiger partial charge is 0.277 e. The molecule has 0 unspecified atom stereocenters. The minimum Gasteiger partial charge on any atom is -0.411 e. The fourth-order valence-electron chi connectivity index (χ4n) is 1.81. The number of benzene rings is 1. The van der Waals surface area contributed by atoms with Crippen LogP contribution in [0.3, 0.4) is 0 Å². The Balaban J connectivity index is 1.56. The lowest BCUT2D eigenvalue weighted by molar-refractivity contribution is -0.113. The van der Waals surface area contributed by atoms with E-state index in [4.69, 9.17) is 8.94 Å². The van der Waals surface area contributed by atoms with Gasteiger partial charge in [0, 0.05) is 11.6 Å². The van der Waals surface area contributed by atoms with Crippen LogP contribution in [0.5, 0.6) is 0 Å². The number of rotatable bonds is 5. The predicted octanol–water partition coefficient (Wildman–Crippen LogP) is 3.07. The maximum Gasteiger partial charge on any atom is 0.277 e. The van der Waals surface area contributed by atoms with Gasteiger partial charge in [-0.05, 0) is 26.0 Å². The van der Waals surface area contributed by atoms with Gasteiger partial charge in [-0.25, -0.2) is 0 Å². The van der Waals surface area contributed by atoms with E-state index in [1.807, 2.05) is 31.2 Å². The van der Waals surface area contributed by atoms with E-state index < -0.39 is 0 Å². The van der Waals surface area contributed by atoms with Crippen LogP contribution < -0.4 is 5.32 Å². The normalized spacial score (nSPS) is 10.7. The van der Waals surface area contributed by atoms with Gasteiger partial charge in [0.15, 0.2) is 5.82 Å². The van der Waals surface area contributed by atoms with E-state index in [0.717, 1.165) is 22.9 Å². The van der Waals surface area contributed by atoms with Crippen molar-refractivity contribution in [3.63, 3.8) is 0 Å². The largest absolute Gasteiger partial charge is 0.411 e. The van der Waals surface area contributed by atoms with Gasteiger partial charge in [0.2, 0.25) is 11.8 Å². The summed E-state index contributed by atoms with van der Waals surface area (Å²) in [4.78, 5) is 11.8. The molecule has 23 heavy (non-hydrogen) atoms. The van der Waals surface area contributed by atoms with Gasteiger partial charge in [-0.3, -0.25) is 4.79 Å². The topological polar surface area (TPSA) is 94.1 Å². The van der Waals surface area contributed by atoms with Crippen LogP contribution in [0.4, 0.5) is 5.82 Å². The molecule has 0 atom stereocenters. The van der Waals surface area contributed by atoms with E-state index >= 15 is 0 Å². The molecule has 0 saturated heterocycles. The summed E-state index contributed by atoms with van der Waals surface area (Å²) in [5, 5.41) is 14.6. The highest BCUT2D eigenvalue weighted by molar-refractivity contribution is 7.99. The fraction of sp³-hybridized carbons (Fsp3) is 0.200. The molecule has 118 valence electrons. The Hall–Kier alpha value is -2.61. The van der Waals surface area contributed by atoms with E-state index in [2.05, 4.69) is 20.7 Å². The molecule has 0 aliphatic heterocycles. The highest BCUT2D eigenvalue weighted by Gasteiger charge is 2.12. The maximum atomic E-state index is 11.8. The van der Waals surface area contributed by atoms with Crippen molar-refractivity contribution in [3.05, 3.63) is 41.7 Å². The van der Waals surface area contributed by atoms with Crippen LogP contribution in [0.25, 0.3) is 11.5 Å². The maximum absolute atomic E-state index is 11.8. The van der Waals surface area contributed by atoms with Crippen LogP contribution in [0, 0.1) is 13.8 Å². The van der Waals surface area contributed by atoms with Crippen molar-refractivity contribution in [1.29, 1.82) is 0 Å². The molecule has 1 aromatic carbocycles. The van der Waals surface area contributed by atoms with Crippen LogP contribution in [0.1, 0.15) is 11.3 Å². The van der Waals surface area contributed by atoms with Gasteiger partial charge in [0.05, 0.1) is 5.75 Å². The Morgan fingerprint density at radius 1 is 1.22 bits per heavy atom. The molecule has 1 amide bonds. The van der Waals surface area contributed by atoms with Gasteiger partial charge in [-0.15, -0.1) is 10.2 Å². The van der Waals surface area contributed by atoms with Crippen molar-refractivity contribution < 1.29 is 13.7 Å². The summed E-state index contributed by atoms with van der Waals surface area (Å²) in [5.74, 6) is 1.37. The first-order valence-electron chi connectivity index (χ1n) is 6.86. The molecule has 8 heteroatoms. The summed E-state index contributed by atoms with van der Waals surface area (Å²) in [6.45, 7) is 3.76. The Kier molecular flexibility index (Phi) is 4.42. The lowest BCUT2D eigenvalue weighted by atomic mass is 10.1. The third kappa shape index (κ3) is 3.98. The van der Waals surface area contributed by atoms with Crippen LogP contribution in [0.15, 0.2) is 44.5 Å². The van der Waals surface area contributed by atoms with E-state index in [9.17, 15) is 4.79 Å². The Morgan fingerprint density at radius 2 is 2.00 bits per heavy atom. The zero-order valence-electron chi connectivity index (χ0n) is 12.6. The molecule has 2 heterocycles. The quantitative estimate of drug-likeness (QED) is 0.718. The Labute approximate surface area is 136 Å². The summed E-state index contributed by atoms with van der Waals surface area (Å²) in [5.41, 5.74) is 2.00. The summed E-state index contributed by atoms with van der Waals surface area (Å²) in [6.07, 6.45) is 0. The van der Waals surface area contributed by atoms with Crippen LogP contribution in [-0.2, 0) is 4.79 Å². The first kappa shape index (κ1) is 15.3. The number of aromatic nitrogens is 3. The van der Waals surface area contributed by atoms with Crippen molar-refractivity contribution in [3.8, 4) is 11.5 Å². The number of anilines is 1. The first-order chi connectivity index (χ1) is 11.1. The summed E-state index contributed by atoms with van der Waals surface area (Å²) in [7, 11) is 0. The van der Waals surface area contributed by atoms with Crippen molar-refractivity contribution in [2.45, 2.75) is 19.1 Å². The van der Waals surface area contributed by atoms with Gasteiger partial charge < -0.3 is 14.3 Å². The number of hydrogen-bond donors (Lipinski definition) is 1. The predicted molar refractivity (Wildman–Crippen MR) is 85.1 cm³/mol.